The fraction of sp³-hybridized carbons (Fsp3) is 0.250. The first-order valence-electron chi connectivity index (χ1n) is 5.78. The number of amides is 3. The summed E-state index contributed by atoms with van der Waals surface area (Å²) in [5.74, 6) is -2.63. The summed E-state index contributed by atoms with van der Waals surface area (Å²) >= 11 is 0. The molecule has 0 fully saturated rings. The first kappa shape index (κ1) is 13.9. The Kier molecular flexibility index (Phi) is 3.64. The summed E-state index contributed by atoms with van der Waals surface area (Å²) in [5.41, 5.74) is 0.493. The van der Waals surface area contributed by atoms with Crippen molar-refractivity contribution in [2.75, 3.05) is 7.05 Å². The van der Waals surface area contributed by atoms with E-state index in [-0.39, 0.29) is 11.0 Å². The molecule has 2 N–H and O–H groups in total. The largest absolute Gasteiger partial charge is 0.341 e. The number of imidazole rings is 1. The van der Waals surface area contributed by atoms with Gasteiger partial charge >= 0.3 is 6.03 Å². The Morgan fingerprint density at radius 2 is 1.95 bits per heavy atom. The van der Waals surface area contributed by atoms with E-state index in [1.165, 1.54) is 24.9 Å². The van der Waals surface area contributed by atoms with Gasteiger partial charge in [-0.25, -0.2) is 18.6 Å². The molecule has 0 saturated carbocycles. The number of hydrogen-bond acceptors (Lipinski definition) is 3. The average Bonchev–Trinajstić information content (AvgIpc) is 2.81. The van der Waals surface area contributed by atoms with E-state index < -0.39 is 29.6 Å². The summed E-state index contributed by atoms with van der Waals surface area (Å²) in [6.07, 6.45) is 1.29. The predicted molar refractivity (Wildman–Crippen MR) is 67.0 cm³/mol. The van der Waals surface area contributed by atoms with Crippen molar-refractivity contribution in [1.82, 2.24) is 20.2 Å². The molecule has 0 radical (unpaired) electrons. The molecule has 1 heterocycles. The number of rotatable bonds is 2. The highest BCUT2D eigenvalue weighted by molar-refractivity contribution is 5.96. The van der Waals surface area contributed by atoms with Crippen LogP contribution in [0, 0.1) is 11.6 Å². The minimum atomic E-state index is -1.03. The van der Waals surface area contributed by atoms with Crippen LogP contribution in [0.5, 0.6) is 0 Å². The molecule has 0 aliphatic heterocycles. The summed E-state index contributed by atoms with van der Waals surface area (Å²) in [5, 5.41) is 4.35. The highest BCUT2D eigenvalue weighted by Gasteiger charge is 2.20. The van der Waals surface area contributed by atoms with E-state index in [0.717, 1.165) is 12.1 Å². The van der Waals surface area contributed by atoms with Crippen LogP contribution in [-0.2, 0) is 4.79 Å². The van der Waals surface area contributed by atoms with Crippen LogP contribution >= 0.6 is 0 Å². The monoisotopic (exact) mass is 282 g/mol. The zero-order valence-corrected chi connectivity index (χ0v) is 10.8. The zero-order valence-electron chi connectivity index (χ0n) is 10.8. The van der Waals surface area contributed by atoms with Gasteiger partial charge in [0.1, 0.15) is 6.04 Å². The van der Waals surface area contributed by atoms with Crippen molar-refractivity contribution in [2.45, 2.75) is 13.0 Å². The molecular weight excluding hydrogens is 270 g/mol. The first-order chi connectivity index (χ1) is 9.43. The summed E-state index contributed by atoms with van der Waals surface area (Å²) < 4.78 is 27.7. The van der Waals surface area contributed by atoms with E-state index in [2.05, 4.69) is 15.6 Å². The molecule has 0 bridgehead atoms. The Labute approximate surface area is 112 Å². The Morgan fingerprint density at radius 1 is 1.30 bits per heavy atom. The highest BCUT2D eigenvalue weighted by Crippen LogP contribution is 2.20. The number of carbonyl (C=O) groups is 2. The van der Waals surface area contributed by atoms with E-state index in [1.54, 1.807) is 0 Å². The maximum Gasteiger partial charge on any atom is 0.321 e. The smallest absolute Gasteiger partial charge is 0.321 e. The molecule has 1 atom stereocenters. The molecule has 1 aromatic carbocycles. The minimum absolute atomic E-state index is 0.225. The fourth-order valence-corrected chi connectivity index (χ4v) is 1.74. The van der Waals surface area contributed by atoms with Gasteiger partial charge in [0, 0.05) is 19.2 Å². The second kappa shape index (κ2) is 5.24. The summed E-state index contributed by atoms with van der Waals surface area (Å²) in [6.45, 7) is 1.51. The van der Waals surface area contributed by atoms with Crippen LogP contribution < -0.4 is 10.6 Å². The summed E-state index contributed by atoms with van der Waals surface area (Å²) in [4.78, 5) is 26.8. The van der Waals surface area contributed by atoms with Crippen LogP contribution in [0.3, 0.4) is 0 Å². The van der Waals surface area contributed by atoms with Crippen molar-refractivity contribution >= 4 is 23.0 Å². The lowest BCUT2D eigenvalue weighted by molar-refractivity contribution is -0.122. The van der Waals surface area contributed by atoms with Gasteiger partial charge in [0.25, 0.3) is 5.91 Å². The third kappa shape index (κ3) is 2.44. The lowest BCUT2D eigenvalue weighted by Gasteiger charge is -2.13. The molecule has 2 aromatic rings. The van der Waals surface area contributed by atoms with Crippen molar-refractivity contribution in [3.8, 4) is 0 Å². The number of halogens is 2. The SMILES string of the molecule is CNC(=O)NC(=O)C(C)n1cnc2cc(F)c(F)cc21. The van der Waals surface area contributed by atoms with E-state index in [4.69, 9.17) is 0 Å². The zero-order chi connectivity index (χ0) is 14.9. The quantitative estimate of drug-likeness (QED) is 0.872. The number of benzene rings is 1. The molecule has 0 aliphatic rings. The minimum Gasteiger partial charge on any atom is -0.341 e. The maximum absolute atomic E-state index is 13.3. The highest BCUT2D eigenvalue weighted by atomic mass is 19.2. The lowest BCUT2D eigenvalue weighted by atomic mass is 10.2. The van der Waals surface area contributed by atoms with Gasteiger partial charge in [0.05, 0.1) is 17.4 Å². The topological polar surface area (TPSA) is 76.0 Å². The van der Waals surface area contributed by atoms with Gasteiger partial charge in [-0.3, -0.25) is 10.1 Å². The van der Waals surface area contributed by atoms with Crippen LogP contribution in [0.15, 0.2) is 18.5 Å². The molecule has 106 valence electrons. The summed E-state index contributed by atoms with van der Waals surface area (Å²) in [6, 6.07) is 0.456. The van der Waals surface area contributed by atoms with Crippen molar-refractivity contribution < 1.29 is 18.4 Å². The molecule has 3 amide bonds. The van der Waals surface area contributed by atoms with Gasteiger partial charge in [-0.15, -0.1) is 0 Å². The average molecular weight is 282 g/mol. The van der Waals surface area contributed by atoms with Crippen molar-refractivity contribution in [1.29, 1.82) is 0 Å². The number of nitrogens with one attached hydrogen (secondary N) is 2. The number of hydrogen-bond donors (Lipinski definition) is 2. The summed E-state index contributed by atoms with van der Waals surface area (Å²) in [7, 11) is 1.37. The Hall–Kier alpha value is -2.51. The molecule has 0 spiro atoms. The van der Waals surface area contributed by atoms with Crippen LogP contribution in [0.1, 0.15) is 13.0 Å². The van der Waals surface area contributed by atoms with E-state index in [1.807, 2.05) is 0 Å². The third-order valence-corrected chi connectivity index (χ3v) is 2.88. The van der Waals surface area contributed by atoms with E-state index >= 15 is 0 Å². The van der Waals surface area contributed by atoms with Crippen LogP contribution in [0.25, 0.3) is 11.0 Å². The van der Waals surface area contributed by atoms with Crippen molar-refractivity contribution in [2.24, 2.45) is 0 Å². The number of imide groups is 1. The number of nitrogens with zero attached hydrogens (tertiary/aromatic N) is 2. The number of fused-ring (bicyclic) bond motifs is 1. The maximum atomic E-state index is 13.3. The van der Waals surface area contributed by atoms with Gasteiger partial charge in [0.15, 0.2) is 11.6 Å². The predicted octanol–water partition coefficient (Wildman–Crippen LogP) is 1.33. The standard InChI is InChI=1S/C12H12F2N4O2/c1-6(11(19)17-12(20)15-2)18-5-16-9-3-7(13)8(14)4-10(9)18/h3-6H,1-2H3,(H2,15,17,19,20). The molecule has 1 unspecified atom stereocenters. The Bertz CT molecular complexity index is 683. The fourth-order valence-electron chi connectivity index (χ4n) is 1.74. The molecule has 8 heteroatoms. The molecule has 20 heavy (non-hydrogen) atoms. The molecule has 0 saturated heterocycles. The number of urea groups is 1. The van der Waals surface area contributed by atoms with Crippen molar-refractivity contribution in [3.05, 3.63) is 30.1 Å². The van der Waals surface area contributed by atoms with Gasteiger partial charge in [0.2, 0.25) is 0 Å². The molecule has 1 aromatic heterocycles. The van der Waals surface area contributed by atoms with Gasteiger partial charge in [-0.05, 0) is 6.92 Å². The normalized spacial score (nSPS) is 12.2. The molecular formula is C12H12F2N4O2. The lowest BCUT2D eigenvalue weighted by Crippen LogP contribution is -2.40. The van der Waals surface area contributed by atoms with E-state index in [0.29, 0.717) is 0 Å². The van der Waals surface area contributed by atoms with Crippen molar-refractivity contribution in [3.63, 3.8) is 0 Å². The number of aromatic nitrogens is 2. The first-order valence-corrected chi connectivity index (χ1v) is 5.78. The van der Waals surface area contributed by atoms with Gasteiger partial charge in [-0.1, -0.05) is 0 Å². The second-order valence-electron chi connectivity index (χ2n) is 4.15. The molecule has 0 aliphatic carbocycles. The van der Waals surface area contributed by atoms with Crippen LogP contribution in [0.2, 0.25) is 0 Å². The Morgan fingerprint density at radius 3 is 2.60 bits per heavy atom. The van der Waals surface area contributed by atoms with Gasteiger partial charge < -0.3 is 9.88 Å². The second-order valence-corrected chi connectivity index (χ2v) is 4.15. The molecule has 6 nitrogen and oxygen atoms in total. The Balaban J connectivity index is 2.35. The van der Waals surface area contributed by atoms with Gasteiger partial charge in [-0.2, -0.15) is 0 Å². The van der Waals surface area contributed by atoms with Crippen LogP contribution in [-0.4, -0.2) is 28.5 Å². The van der Waals surface area contributed by atoms with E-state index in [9.17, 15) is 18.4 Å². The number of carbonyl (C=O) groups excluding carboxylic acids is 2. The molecule has 2 rings (SSSR count). The van der Waals surface area contributed by atoms with Crippen LogP contribution in [0.4, 0.5) is 13.6 Å². The third-order valence-electron chi connectivity index (χ3n) is 2.88.